The zero-order valence-electron chi connectivity index (χ0n) is 26.2. The van der Waals surface area contributed by atoms with Crippen molar-refractivity contribution in [3.05, 3.63) is 59.4 Å². The number of hydrogen-bond donors (Lipinski definition) is 8. The van der Waals surface area contributed by atoms with Crippen LogP contribution in [0.1, 0.15) is 12.0 Å². The average Bonchev–Trinajstić information content (AvgIpc) is 3.55. The smallest absolute Gasteiger partial charge is 0.337 e. The Bertz CT molecular complexity index is 1390. The molecule has 0 radical (unpaired) electrons. The Balaban J connectivity index is 1.20. The number of carbonyl (C=O) groups is 2. The third-order valence-corrected chi connectivity index (χ3v) is 8.86. The van der Waals surface area contributed by atoms with Crippen molar-refractivity contribution in [3.8, 4) is 5.75 Å². The third-order valence-electron chi connectivity index (χ3n) is 8.86. The summed E-state index contributed by atoms with van der Waals surface area (Å²) in [6.45, 7) is -1.72. The summed E-state index contributed by atoms with van der Waals surface area (Å²) in [5.41, 5.74) is 1.29. The molecular weight excluding hydrogens is 656 g/mol. The minimum absolute atomic E-state index is 0.0330. The van der Waals surface area contributed by atoms with E-state index >= 15 is 0 Å². The molecule has 0 unspecified atom stereocenters. The van der Waals surface area contributed by atoms with Crippen LogP contribution in [-0.2, 0) is 42.7 Å². The quantitative estimate of drug-likeness (QED) is 0.0679. The number of rotatable bonds is 11. The first kappa shape index (κ1) is 36.8. The number of hydrogen-bond acceptors (Lipinski definition) is 17. The number of allylic oxidation sites excluding steroid dienone is 1. The molecule has 5 rings (SSSR count). The van der Waals surface area contributed by atoms with Crippen LogP contribution >= 0.6 is 0 Å². The number of benzene rings is 1. The molecule has 3 aliphatic heterocycles. The lowest BCUT2D eigenvalue weighted by Crippen LogP contribution is -2.62. The van der Waals surface area contributed by atoms with Gasteiger partial charge in [0.05, 0.1) is 44.7 Å². The van der Waals surface area contributed by atoms with E-state index < -0.39 is 105 Å². The number of fused-ring (bicyclic) bond motifs is 1. The molecule has 1 aliphatic carbocycles. The zero-order chi connectivity index (χ0) is 35.4. The van der Waals surface area contributed by atoms with Crippen LogP contribution in [0.4, 0.5) is 0 Å². The van der Waals surface area contributed by atoms with E-state index in [1.165, 1.54) is 25.3 Å². The van der Waals surface area contributed by atoms with Crippen LogP contribution in [0.2, 0.25) is 0 Å². The standard InChI is InChI=1S/C32H40O17/c1-43-29(42)18-12-44-30(22-15(10-33)5-8-17(18)22)49-32-26(40)24(38)23(37)20(47-32)13-45-31-27(41)25(39)28(19(11-34)46-31)48-21(36)9-4-14-2-6-16(35)7-3-14/h2-7,9,12,17,19-20,22-28,30-35,37-41H,8,10-11,13H2,1H3/t17-,19-,20-,22-,23-,24+,25-,26-,27-,28-,30+,31-,32+/m1/s1. The topological polar surface area (TPSA) is 261 Å². The molecule has 1 aromatic carbocycles. The fourth-order valence-electron chi connectivity index (χ4n) is 6.17. The van der Waals surface area contributed by atoms with Gasteiger partial charge in [-0.3, -0.25) is 0 Å². The first-order chi connectivity index (χ1) is 23.5. The number of aliphatic hydroxyl groups is 7. The van der Waals surface area contributed by atoms with Gasteiger partial charge < -0.3 is 74.0 Å². The van der Waals surface area contributed by atoms with Crippen molar-refractivity contribution < 1.29 is 83.6 Å². The van der Waals surface area contributed by atoms with Crippen molar-refractivity contribution in [2.45, 2.75) is 74.1 Å². The Hall–Kier alpha value is -3.46. The van der Waals surface area contributed by atoms with Gasteiger partial charge >= 0.3 is 11.9 Å². The van der Waals surface area contributed by atoms with Gasteiger partial charge in [-0.15, -0.1) is 0 Å². The maximum Gasteiger partial charge on any atom is 0.337 e. The highest BCUT2D eigenvalue weighted by atomic mass is 16.8. The van der Waals surface area contributed by atoms with Crippen LogP contribution in [0.15, 0.2) is 53.8 Å². The molecule has 0 saturated carbocycles. The fraction of sp³-hybridized carbons (Fsp3) is 0.562. The molecule has 4 aliphatic rings. The fourth-order valence-corrected chi connectivity index (χ4v) is 6.17. The second kappa shape index (κ2) is 16.0. The molecule has 0 amide bonds. The molecule has 49 heavy (non-hydrogen) atoms. The van der Waals surface area contributed by atoms with E-state index in [-0.39, 0.29) is 17.9 Å². The minimum Gasteiger partial charge on any atom is -0.508 e. The van der Waals surface area contributed by atoms with Crippen molar-refractivity contribution >= 4 is 18.0 Å². The molecule has 13 atom stereocenters. The lowest BCUT2D eigenvalue weighted by molar-refractivity contribution is -0.352. The number of methoxy groups -OCH3 is 1. The SMILES string of the molecule is COC(=O)C1=CO[C@@H](O[C@@H]2O[C@H](CO[C@@H]3O[C@H](CO)[C@@H](OC(=O)C=Cc4ccc(O)cc4)[C@H](O)[C@H]3O)[C@@H](O)[C@H](O)[C@H]2O)[C@@H]2C(CO)=CC[C@H]12. The van der Waals surface area contributed by atoms with Crippen LogP contribution in [0.5, 0.6) is 5.75 Å². The van der Waals surface area contributed by atoms with Gasteiger partial charge in [-0.05, 0) is 35.8 Å². The van der Waals surface area contributed by atoms with Gasteiger partial charge in [-0.1, -0.05) is 18.2 Å². The summed E-state index contributed by atoms with van der Waals surface area (Å²) in [7, 11) is 1.22. The van der Waals surface area contributed by atoms with Gasteiger partial charge in [-0.2, -0.15) is 0 Å². The molecular formula is C32H40O17. The number of esters is 2. The number of aromatic hydroxyl groups is 1. The van der Waals surface area contributed by atoms with Gasteiger partial charge in [-0.25, -0.2) is 9.59 Å². The second-order valence-corrected chi connectivity index (χ2v) is 11.9. The first-order valence-electron chi connectivity index (χ1n) is 15.5. The van der Waals surface area contributed by atoms with Crippen LogP contribution in [0, 0.1) is 11.8 Å². The highest BCUT2D eigenvalue weighted by molar-refractivity contribution is 5.89. The summed E-state index contributed by atoms with van der Waals surface area (Å²) in [4.78, 5) is 24.7. The Morgan fingerprint density at radius 1 is 0.898 bits per heavy atom. The Kier molecular flexibility index (Phi) is 12.1. The van der Waals surface area contributed by atoms with E-state index in [0.29, 0.717) is 17.6 Å². The van der Waals surface area contributed by atoms with Gasteiger partial charge in [0.2, 0.25) is 6.29 Å². The van der Waals surface area contributed by atoms with Crippen LogP contribution in [0.25, 0.3) is 6.08 Å². The van der Waals surface area contributed by atoms with E-state index in [4.69, 9.17) is 33.2 Å². The Morgan fingerprint density at radius 3 is 2.27 bits per heavy atom. The van der Waals surface area contributed by atoms with Gasteiger partial charge in [0.1, 0.15) is 48.5 Å². The number of carbonyl (C=O) groups excluding carboxylic acids is 2. The van der Waals surface area contributed by atoms with Crippen molar-refractivity contribution in [1.29, 1.82) is 0 Å². The zero-order valence-corrected chi connectivity index (χ0v) is 26.2. The predicted octanol–water partition coefficient (Wildman–Crippen LogP) is -2.43. The third kappa shape index (κ3) is 7.97. The molecule has 17 heteroatoms. The lowest BCUT2D eigenvalue weighted by atomic mass is 9.83. The summed E-state index contributed by atoms with van der Waals surface area (Å²) in [6.07, 6.45) is -11.9. The second-order valence-electron chi connectivity index (χ2n) is 11.9. The molecule has 0 aromatic heterocycles. The van der Waals surface area contributed by atoms with Gasteiger partial charge in [0.25, 0.3) is 0 Å². The summed E-state index contributed by atoms with van der Waals surface area (Å²) in [5.74, 6) is -2.67. The van der Waals surface area contributed by atoms with E-state index in [1.807, 2.05) is 0 Å². The summed E-state index contributed by atoms with van der Waals surface area (Å²) < 4.78 is 38.4. The molecule has 270 valence electrons. The van der Waals surface area contributed by atoms with Crippen molar-refractivity contribution in [2.75, 3.05) is 26.9 Å². The highest BCUT2D eigenvalue weighted by Gasteiger charge is 2.51. The van der Waals surface area contributed by atoms with E-state index in [9.17, 15) is 50.4 Å². The summed E-state index contributed by atoms with van der Waals surface area (Å²) >= 11 is 0. The van der Waals surface area contributed by atoms with Crippen molar-refractivity contribution in [3.63, 3.8) is 0 Å². The van der Waals surface area contributed by atoms with Crippen molar-refractivity contribution in [2.24, 2.45) is 11.8 Å². The number of aliphatic hydroxyl groups excluding tert-OH is 7. The molecule has 0 spiro atoms. The summed E-state index contributed by atoms with van der Waals surface area (Å²) in [5, 5.41) is 82.6. The van der Waals surface area contributed by atoms with Crippen LogP contribution in [-0.4, -0.2) is 147 Å². The normalized spacial score (nSPS) is 37.5. The molecule has 1 aromatic rings. The Labute approximate surface area is 279 Å². The number of ether oxygens (including phenoxy) is 7. The molecule has 0 bridgehead atoms. The highest BCUT2D eigenvalue weighted by Crippen LogP contribution is 2.44. The molecule has 2 fully saturated rings. The van der Waals surface area contributed by atoms with Crippen molar-refractivity contribution in [1.82, 2.24) is 0 Å². The monoisotopic (exact) mass is 696 g/mol. The molecule has 8 N–H and O–H groups in total. The van der Waals surface area contributed by atoms with E-state index in [0.717, 1.165) is 12.3 Å². The Morgan fingerprint density at radius 2 is 1.59 bits per heavy atom. The number of phenolic OH excluding ortho intramolecular Hbond substituents is 1. The molecule has 3 heterocycles. The van der Waals surface area contributed by atoms with Gasteiger partial charge in [0, 0.05) is 12.0 Å². The van der Waals surface area contributed by atoms with E-state index in [1.54, 1.807) is 18.2 Å². The maximum absolute atomic E-state index is 12.4. The molecule has 17 nitrogen and oxygen atoms in total. The first-order valence-corrected chi connectivity index (χ1v) is 15.5. The van der Waals surface area contributed by atoms with E-state index in [2.05, 4.69) is 0 Å². The lowest BCUT2D eigenvalue weighted by Gasteiger charge is -2.44. The average molecular weight is 697 g/mol. The van der Waals surface area contributed by atoms with Crippen LogP contribution < -0.4 is 0 Å². The number of phenols is 1. The summed E-state index contributed by atoms with van der Waals surface area (Å²) in [6, 6.07) is 5.91. The predicted molar refractivity (Wildman–Crippen MR) is 160 cm³/mol. The molecule has 2 saturated heterocycles. The van der Waals surface area contributed by atoms with Crippen LogP contribution in [0.3, 0.4) is 0 Å². The largest absolute Gasteiger partial charge is 0.508 e. The van der Waals surface area contributed by atoms with Gasteiger partial charge in [0.15, 0.2) is 18.7 Å². The maximum atomic E-state index is 12.4. The minimum atomic E-state index is -1.82.